The van der Waals surface area contributed by atoms with Gasteiger partial charge in [0.25, 0.3) is 5.91 Å². The Bertz CT molecular complexity index is 933. The largest absolute Gasteiger partial charge is 0.339 e. The molecule has 0 bridgehead atoms. The summed E-state index contributed by atoms with van der Waals surface area (Å²) in [6, 6.07) is 15.8. The minimum Gasteiger partial charge on any atom is -0.339 e. The van der Waals surface area contributed by atoms with Gasteiger partial charge >= 0.3 is 0 Å². The molecule has 0 aliphatic rings. The Morgan fingerprint density at radius 3 is 2.52 bits per heavy atom. The Hall–Kier alpha value is -3.43. The molecule has 2 aromatic carbocycles. The van der Waals surface area contributed by atoms with Gasteiger partial charge < -0.3 is 10.6 Å². The van der Waals surface area contributed by atoms with Gasteiger partial charge in [0.15, 0.2) is 0 Å². The van der Waals surface area contributed by atoms with Gasteiger partial charge in [0.2, 0.25) is 0 Å². The predicted molar refractivity (Wildman–Crippen MR) is 95.9 cm³/mol. The van der Waals surface area contributed by atoms with E-state index in [1.807, 2.05) is 6.07 Å². The summed E-state index contributed by atoms with van der Waals surface area (Å²) in [5, 5.41) is 15.2. The van der Waals surface area contributed by atoms with E-state index in [-0.39, 0.29) is 11.6 Å². The van der Waals surface area contributed by atoms with Gasteiger partial charge in [0.1, 0.15) is 11.5 Å². The Labute approximate surface area is 149 Å². The summed E-state index contributed by atoms with van der Waals surface area (Å²) in [5.41, 5.74) is 2.06. The number of anilines is 3. The van der Waals surface area contributed by atoms with Crippen LogP contribution in [-0.2, 0) is 0 Å². The number of carbonyl (C=O) groups is 1. The third-order valence-electron chi connectivity index (χ3n) is 3.25. The molecule has 1 aromatic heterocycles. The van der Waals surface area contributed by atoms with Crippen molar-refractivity contribution in [2.45, 2.75) is 0 Å². The van der Waals surface area contributed by atoms with E-state index in [1.54, 1.807) is 42.5 Å². The van der Waals surface area contributed by atoms with Gasteiger partial charge in [-0.25, -0.2) is 9.97 Å². The van der Waals surface area contributed by atoms with E-state index in [2.05, 4.69) is 26.7 Å². The zero-order valence-corrected chi connectivity index (χ0v) is 13.7. The van der Waals surface area contributed by atoms with Crippen molar-refractivity contribution >= 4 is 34.7 Å². The van der Waals surface area contributed by atoms with E-state index in [0.717, 1.165) is 0 Å². The summed E-state index contributed by atoms with van der Waals surface area (Å²) in [4.78, 5) is 20.4. The van der Waals surface area contributed by atoms with Crippen LogP contribution in [0.5, 0.6) is 0 Å². The van der Waals surface area contributed by atoms with Crippen molar-refractivity contribution < 1.29 is 4.79 Å². The molecule has 0 aliphatic heterocycles. The van der Waals surface area contributed by atoms with E-state index in [0.29, 0.717) is 27.8 Å². The SMILES string of the molecule is N#Cc1cccc(Nc2cnc(C(=O)Nc3ccc(Cl)cc3)cn2)c1. The first-order chi connectivity index (χ1) is 12.1. The summed E-state index contributed by atoms with van der Waals surface area (Å²) >= 11 is 5.81. The first-order valence-corrected chi connectivity index (χ1v) is 7.68. The van der Waals surface area contributed by atoms with E-state index >= 15 is 0 Å². The van der Waals surface area contributed by atoms with Crippen molar-refractivity contribution in [2.75, 3.05) is 10.6 Å². The lowest BCUT2D eigenvalue weighted by molar-refractivity contribution is 0.102. The molecule has 0 saturated carbocycles. The number of rotatable bonds is 4. The van der Waals surface area contributed by atoms with E-state index in [9.17, 15) is 4.79 Å². The summed E-state index contributed by atoms with van der Waals surface area (Å²) in [7, 11) is 0. The second kappa shape index (κ2) is 7.43. The predicted octanol–water partition coefficient (Wildman–Crippen LogP) is 4.00. The number of nitrogens with one attached hydrogen (secondary N) is 2. The molecule has 3 aromatic rings. The van der Waals surface area contributed by atoms with Crippen molar-refractivity contribution in [3.05, 3.63) is 77.2 Å². The molecular weight excluding hydrogens is 338 g/mol. The maximum atomic E-state index is 12.1. The first-order valence-electron chi connectivity index (χ1n) is 7.30. The Kier molecular flexibility index (Phi) is 4.88. The van der Waals surface area contributed by atoms with Crippen LogP contribution in [0.4, 0.5) is 17.2 Å². The van der Waals surface area contributed by atoms with Crippen molar-refractivity contribution in [1.29, 1.82) is 5.26 Å². The summed E-state index contributed by atoms with van der Waals surface area (Å²) in [6.45, 7) is 0. The molecule has 6 nitrogen and oxygen atoms in total. The minimum absolute atomic E-state index is 0.186. The van der Waals surface area contributed by atoms with Gasteiger partial charge in [-0.05, 0) is 42.5 Å². The molecule has 122 valence electrons. The number of hydrogen-bond acceptors (Lipinski definition) is 5. The number of carbonyl (C=O) groups excluding carboxylic acids is 1. The minimum atomic E-state index is -0.368. The van der Waals surface area contributed by atoms with Crippen LogP contribution in [-0.4, -0.2) is 15.9 Å². The monoisotopic (exact) mass is 349 g/mol. The molecule has 0 unspecified atom stereocenters. The van der Waals surface area contributed by atoms with E-state index in [1.165, 1.54) is 12.4 Å². The average Bonchev–Trinajstić information content (AvgIpc) is 2.64. The van der Waals surface area contributed by atoms with E-state index < -0.39 is 0 Å². The van der Waals surface area contributed by atoms with Gasteiger partial charge in [0, 0.05) is 16.4 Å². The molecule has 0 fully saturated rings. The molecule has 1 heterocycles. The molecule has 3 rings (SSSR count). The summed E-state index contributed by atoms with van der Waals surface area (Å²) in [5.74, 6) is 0.103. The second-order valence-electron chi connectivity index (χ2n) is 5.07. The van der Waals surface area contributed by atoms with Gasteiger partial charge in [-0.2, -0.15) is 5.26 Å². The summed E-state index contributed by atoms with van der Waals surface area (Å²) < 4.78 is 0. The number of benzene rings is 2. The standard InChI is InChI=1S/C18H12ClN5O/c19-13-4-6-14(7-5-13)24-18(25)16-10-22-17(11-21-16)23-15-3-1-2-12(8-15)9-20/h1-8,10-11H,(H,22,23)(H,24,25). The number of halogens is 1. The molecule has 2 N–H and O–H groups in total. The highest BCUT2D eigenvalue weighted by Gasteiger charge is 2.09. The highest BCUT2D eigenvalue weighted by Crippen LogP contribution is 2.16. The third kappa shape index (κ3) is 4.31. The highest BCUT2D eigenvalue weighted by molar-refractivity contribution is 6.30. The normalized spacial score (nSPS) is 9.92. The van der Waals surface area contributed by atoms with Crippen LogP contribution in [0, 0.1) is 11.3 Å². The van der Waals surface area contributed by atoms with Crippen LogP contribution in [0.2, 0.25) is 5.02 Å². The smallest absolute Gasteiger partial charge is 0.275 e. The fourth-order valence-corrected chi connectivity index (χ4v) is 2.18. The lowest BCUT2D eigenvalue weighted by atomic mass is 10.2. The Balaban J connectivity index is 1.68. The quantitative estimate of drug-likeness (QED) is 0.743. The van der Waals surface area contributed by atoms with Crippen molar-refractivity contribution in [1.82, 2.24) is 9.97 Å². The maximum Gasteiger partial charge on any atom is 0.275 e. The van der Waals surface area contributed by atoms with Crippen LogP contribution >= 0.6 is 11.6 Å². The molecule has 0 radical (unpaired) electrons. The fourth-order valence-electron chi connectivity index (χ4n) is 2.05. The van der Waals surface area contributed by atoms with Crippen molar-refractivity contribution in [2.24, 2.45) is 0 Å². The number of aromatic nitrogens is 2. The maximum absolute atomic E-state index is 12.1. The number of nitriles is 1. The van der Waals surface area contributed by atoms with Gasteiger partial charge in [-0.15, -0.1) is 0 Å². The molecule has 0 atom stereocenters. The molecular formula is C18H12ClN5O. The molecule has 0 spiro atoms. The number of nitrogens with zero attached hydrogens (tertiary/aromatic N) is 3. The topological polar surface area (TPSA) is 90.7 Å². The van der Waals surface area contributed by atoms with Gasteiger partial charge in [-0.3, -0.25) is 4.79 Å². The molecule has 25 heavy (non-hydrogen) atoms. The Morgan fingerprint density at radius 1 is 1.04 bits per heavy atom. The Morgan fingerprint density at radius 2 is 1.84 bits per heavy atom. The van der Waals surface area contributed by atoms with Crippen molar-refractivity contribution in [3.8, 4) is 6.07 Å². The van der Waals surface area contributed by atoms with E-state index in [4.69, 9.17) is 16.9 Å². The zero-order valence-electron chi connectivity index (χ0n) is 12.9. The van der Waals surface area contributed by atoms with Crippen LogP contribution in [0.3, 0.4) is 0 Å². The van der Waals surface area contributed by atoms with Crippen LogP contribution < -0.4 is 10.6 Å². The van der Waals surface area contributed by atoms with Gasteiger partial charge in [0.05, 0.1) is 24.0 Å². The number of amides is 1. The highest BCUT2D eigenvalue weighted by atomic mass is 35.5. The molecule has 7 heteroatoms. The molecule has 0 aliphatic carbocycles. The fraction of sp³-hybridized carbons (Fsp3) is 0. The second-order valence-corrected chi connectivity index (χ2v) is 5.50. The summed E-state index contributed by atoms with van der Waals surface area (Å²) in [6.07, 6.45) is 2.83. The number of hydrogen-bond donors (Lipinski definition) is 2. The molecule has 0 saturated heterocycles. The third-order valence-corrected chi connectivity index (χ3v) is 3.50. The van der Waals surface area contributed by atoms with Crippen LogP contribution in [0.15, 0.2) is 60.9 Å². The first kappa shape index (κ1) is 16.4. The van der Waals surface area contributed by atoms with Crippen LogP contribution in [0.1, 0.15) is 16.1 Å². The lowest BCUT2D eigenvalue weighted by Gasteiger charge is -2.07. The lowest BCUT2D eigenvalue weighted by Crippen LogP contribution is -2.14. The zero-order chi connectivity index (χ0) is 17.6. The average molecular weight is 350 g/mol. The van der Waals surface area contributed by atoms with Crippen LogP contribution in [0.25, 0.3) is 0 Å². The van der Waals surface area contributed by atoms with Crippen molar-refractivity contribution in [3.63, 3.8) is 0 Å². The molecule has 1 amide bonds. The van der Waals surface area contributed by atoms with Gasteiger partial charge in [-0.1, -0.05) is 17.7 Å².